The fraction of sp³-hybridized carbons (Fsp3) is 0.692. The molecule has 1 aromatic rings. The van der Waals surface area contributed by atoms with Crippen molar-refractivity contribution in [1.29, 1.82) is 0 Å². The first-order valence-corrected chi connectivity index (χ1v) is 7.84. The molecule has 0 bridgehead atoms. The Morgan fingerprint density at radius 1 is 1.59 bits per heavy atom. The van der Waals surface area contributed by atoms with E-state index in [4.69, 9.17) is 4.74 Å². The maximum Gasteiger partial charge on any atom is 0.0589 e. The lowest BCUT2D eigenvalue weighted by Crippen LogP contribution is -2.36. The fourth-order valence-electron chi connectivity index (χ4n) is 2.15. The molecule has 96 valence electrons. The van der Waals surface area contributed by atoms with Crippen LogP contribution in [-0.2, 0) is 11.3 Å². The third kappa shape index (κ3) is 4.05. The van der Waals surface area contributed by atoms with E-state index >= 15 is 0 Å². The Bertz CT molecular complexity index is 351. The molecule has 17 heavy (non-hydrogen) atoms. The molecule has 1 heterocycles. The molecule has 1 unspecified atom stereocenters. The molecule has 0 saturated heterocycles. The minimum Gasteiger partial charge on any atom is -0.383 e. The number of methoxy groups -OCH3 is 1. The van der Waals surface area contributed by atoms with E-state index in [1.165, 1.54) is 22.2 Å². The smallest absolute Gasteiger partial charge is 0.0589 e. The highest BCUT2D eigenvalue weighted by molar-refractivity contribution is 9.10. The van der Waals surface area contributed by atoms with Crippen molar-refractivity contribution in [1.82, 2.24) is 4.90 Å². The topological polar surface area (TPSA) is 12.5 Å². The van der Waals surface area contributed by atoms with Gasteiger partial charge >= 0.3 is 0 Å². The summed E-state index contributed by atoms with van der Waals surface area (Å²) in [5.41, 5.74) is 0. The van der Waals surface area contributed by atoms with Crippen LogP contribution in [0.2, 0.25) is 0 Å². The maximum atomic E-state index is 5.22. The SMILES string of the molecule is COCCN(Cc1cc(Br)cs1)C(C)C1CC1. The number of ether oxygens (including phenoxy) is 1. The molecular formula is C13H20BrNOS. The summed E-state index contributed by atoms with van der Waals surface area (Å²) >= 11 is 5.35. The Morgan fingerprint density at radius 3 is 2.88 bits per heavy atom. The lowest BCUT2D eigenvalue weighted by molar-refractivity contribution is 0.112. The number of rotatable bonds is 7. The monoisotopic (exact) mass is 317 g/mol. The average molecular weight is 318 g/mol. The van der Waals surface area contributed by atoms with E-state index in [2.05, 4.69) is 39.2 Å². The van der Waals surface area contributed by atoms with Gasteiger partial charge in [-0.15, -0.1) is 11.3 Å². The summed E-state index contributed by atoms with van der Waals surface area (Å²) in [6, 6.07) is 2.91. The third-order valence-corrected chi connectivity index (χ3v) is 5.13. The van der Waals surface area contributed by atoms with Crippen LogP contribution < -0.4 is 0 Å². The van der Waals surface area contributed by atoms with Gasteiger partial charge in [0, 0.05) is 41.0 Å². The molecule has 1 aliphatic rings. The molecule has 0 aromatic carbocycles. The molecule has 0 aliphatic heterocycles. The number of nitrogens with zero attached hydrogens (tertiary/aromatic N) is 1. The Balaban J connectivity index is 1.93. The molecule has 0 spiro atoms. The van der Waals surface area contributed by atoms with Crippen LogP contribution in [0, 0.1) is 5.92 Å². The summed E-state index contributed by atoms with van der Waals surface area (Å²) in [4.78, 5) is 3.99. The maximum absolute atomic E-state index is 5.22. The first-order chi connectivity index (χ1) is 8.20. The van der Waals surface area contributed by atoms with Gasteiger partial charge in [-0.1, -0.05) is 0 Å². The minimum atomic E-state index is 0.686. The summed E-state index contributed by atoms with van der Waals surface area (Å²) < 4.78 is 6.42. The Hall–Kier alpha value is 0.1000. The molecule has 1 atom stereocenters. The van der Waals surface area contributed by atoms with E-state index < -0.39 is 0 Å². The molecule has 1 fully saturated rings. The molecule has 1 saturated carbocycles. The summed E-state index contributed by atoms with van der Waals surface area (Å²) in [6.07, 6.45) is 2.80. The summed E-state index contributed by atoms with van der Waals surface area (Å²) in [7, 11) is 1.78. The Kier molecular flexibility index (Phi) is 5.03. The van der Waals surface area contributed by atoms with Gasteiger partial charge in [0.2, 0.25) is 0 Å². The highest BCUT2D eigenvalue weighted by atomic mass is 79.9. The summed E-state index contributed by atoms with van der Waals surface area (Å²) in [5.74, 6) is 0.912. The van der Waals surface area contributed by atoms with Gasteiger partial charge in [0.1, 0.15) is 0 Å². The van der Waals surface area contributed by atoms with Gasteiger partial charge in [-0.3, -0.25) is 4.90 Å². The standard InChI is InChI=1S/C13H20BrNOS/c1-10(11-3-4-11)15(5-6-16-2)8-13-7-12(14)9-17-13/h7,9-11H,3-6,8H2,1-2H3. The zero-order chi connectivity index (χ0) is 12.3. The molecule has 0 N–H and O–H groups in total. The van der Waals surface area contributed by atoms with Crippen molar-refractivity contribution in [2.75, 3.05) is 20.3 Å². The molecule has 2 nitrogen and oxygen atoms in total. The second-order valence-electron chi connectivity index (χ2n) is 4.77. The minimum absolute atomic E-state index is 0.686. The average Bonchev–Trinajstić information content (AvgIpc) is 3.08. The van der Waals surface area contributed by atoms with Crippen LogP contribution in [0.5, 0.6) is 0 Å². The Morgan fingerprint density at radius 2 is 2.35 bits per heavy atom. The zero-order valence-corrected chi connectivity index (χ0v) is 12.9. The van der Waals surface area contributed by atoms with Crippen LogP contribution >= 0.6 is 27.3 Å². The second kappa shape index (κ2) is 6.32. The van der Waals surface area contributed by atoms with Gasteiger partial charge in [0.05, 0.1) is 6.61 Å². The largest absolute Gasteiger partial charge is 0.383 e. The van der Waals surface area contributed by atoms with Crippen LogP contribution in [0.4, 0.5) is 0 Å². The van der Waals surface area contributed by atoms with Gasteiger partial charge in [0.15, 0.2) is 0 Å². The van der Waals surface area contributed by atoms with Crippen molar-refractivity contribution < 1.29 is 4.74 Å². The fourth-order valence-corrected chi connectivity index (χ4v) is 3.62. The van der Waals surface area contributed by atoms with Crippen molar-refractivity contribution >= 4 is 27.3 Å². The van der Waals surface area contributed by atoms with Gasteiger partial charge in [-0.05, 0) is 47.7 Å². The highest BCUT2D eigenvalue weighted by Crippen LogP contribution is 2.36. The normalized spacial score (nSPS) is 17.6. The van der Waals surface area contributed by atoms with Crippen LogP contribution in [-0.4, -0.2) is 31.2 Å². The predicted octanol–water partition coefficient (Wildman–Crippen LogP) is 3.76. The van der Waals surface area contributed by atoms with Crippen molar-refractivity contribution in [3.8, 4) is 0 Å². The molecule has 0 amide bonds. The van der Waals surface area contributed by atoms with Gasteiger partial charge in [-0.25, -0.2) is 0 Å². The quantitative estimate of drug-likeness (QED) is 0.759. The molecule has 0 radical (unpaired) electrons. The van der Waals surface area contributed by atoms with Gasteiger partial charge in [0.25, 0.3) is 0 Å². The first-order valence-electron chi connectivity index (χ1n) is 6.16. The van der Waals surface area contributed by atoms with E-state index in [-0.39, 0.29) is 0 Å². The third-order valence-electron chi connectivity index (χ3n) is 3.44. The van der Waals surface area contributed by atoms with Crippen molar-refractivity contribution in [3.63, 3.8) is 0 Å². The second-order valence-corrected chi connectivity index (χ2v) is 6.68. The number of thiophene rings is 1. The molecule has 4 heteroatoms. The van der Waals surface area contributed by atoms with Crippen LogP contribution in [0.25, 0.3) is 0 Å². The van der Waals surface area contributed by atoms with E-state index in [0.717, 1.165) is 25.6 Å². The van der Waals surface area contributed by atoms with E-state index in [0.29, 0.717) is 6.04 Å². The van der Waals surface area contributed by atoms with Crippen molar-refractivity contribution in [3.05, 3.63) is 20.8 Å². The molecule has 2 rings (SSSR count). The summed E-state index contributed by atoms with van der Waals surface area (Å²) in [5, 5.41) is 2.16. The highest BCUT2D eigenvalue weighted by Gasteiger charge is 2.31. The van der Waals surface area contributed by atoms with Crippen LogP contribution in [0.1, 0.15) is 24.6 Å². The van der Waals surface area contributed by atoms with Crippen LogP contribution in [0.3, 0.4) is 0 Å². The number of halogens is 1. The zero-order valence-electron chi connectivity index (χ0n) is 10.5. The number of hydrogen-bond acceptors (Lipinski definition) is 3. The lowest BCUT2D eigenvalue weighted by Gasteiger charge is -2.28. The lowest BCUT2D eigenvalue weighted by atomic mass is 10.2. The number of hydrogen-bond donors (Lipinski definition) is 0. The molecule has 1 aromatic heterocycles. The van der Waals surface area contributed by atoms with E-state index in [1.54, 1.807) is 7.11 Å². The molecular weight excluding hydrogens is 298 g/mol. The molecule has 1 aliphatic carbocycles. The first kappa shape index (κ1) is 13.5. The Labute approximate surface area is 116 Å². The van der Waals surface area contributed by atoms with Crippen molar-refractivity contribution in [2.45, 2.75) is 32.4 Å². The van der Waals surface area contributed by atoms with Crippen molar-refractivity contribution in [2.24, 2.45) is 5.92 Å². The van der Waals surface area contributed by atoms with E-state index in [1.807, 2.05) is 11.3 Å². The van der Waals surface area contributed by atoms with Gasteiger partial charge < -0.3 is 4.74 Å². The van der Waals surface area contributed by atoms with Gasteiger partial charge in [-0.2, -0.15) is 0 Å². The van der Waals surface area contributed by atoms with E-state index in [9.17, 15) is 0 Å². The van der Waals surface area contributed by atoms with Crippen LogP contribution in [0.15, 0.2) is 15.9 Å². The summed E-state index contributed by atoms with van der Waals surface area (Å²) in [6.45, 7) is 5.26. The predicted molar refractivity (Wildman–Crippen MR) is 76.5 cm³/mol.